The molecule has 0 saturated carbocycles. The summed E-state index contributed by atoms with van der Waals surface area (Å²) in [4.78, 5) is 22.3. The molecule has 1 N–H and O–H groups in total. The number of carbonyl (C=O) groups is 2. The lowest BCUT2D eigenvalue weighted by molar-refractivity contribution is -0.140. The van der Waals surface area contributed by atoms with Gasteiger partial charge in [0.1, 0.15) is 11.5 Å². The summed E-state index contributed by atoms with van der Waals surface area (Å²) in [6.07, 6.45) is 0.176. The Morgan fingerprint density at radius 2 is 2.00 bits per heavy atom. The van der Waals surface area contributed by atoms with Crippen LogP contribution in [0, 0.1) is 0 Å². The Morgan fingerprint density at radius 1 is 1.29 bits per heavy atom. The van der Waals surface area contributed by atoms with Gasteiger partial charge in [0.2, 0.25) is 0 Å². The monoisotopic (exact) mass is 238 g/mol. The SMILES string of the molecule is CCC(=O)Oc1ccc(O)cc1CC(=O)OC. The van der Waals surface area contributed by atoms with E-state index in [0.717, 1.165) is 0 Å². The third kappa shape index (κ3) is 3.79. The Morgan fingerprint density at radius 3 is 2.59 bits per heavy atom. The van der Waals surface area contributed by atoms with E-state index in [1.807, 2.05) is 0 Å². The maximum atomic E-state index is 11.2. The second-order valence-corrected chi connectivity index (χ2v) is 3.37. The number of methoxy groups -OCH3 is 1. The van der Waals surface area contributed by atoms with Crippen LogP contribution in [0.4, 0.5) is 0 Å². The first-order chi connectivity index (χ1) is 8.06. The number of ether oxygens (including phenoxy) is 2. The van der Waals surface area contributed by atoms with E-state index in [1.54, 1.807) is 6.92 Å². The Hall–Kier alpha value is -2.04. The molecule has 92 valence electrons. The van der Waals surface area contributed by atoms with Crippen LogP contribution in [-0.4, -0.2) is 24.2 Å². The molecule has 0 amide bonds. The molecule has 0 unspecified atom stereocenters. The minimum atomic E-state index is -0.468. The van der Waals surface area contributed by atoms with Crippen molar-refractivity contribution in [2.75, 3.05) is 7.11 Å². The van der Waals surface area contributed by atoms with Crippen molar-refractivity contribution in [1.29, 1.82) is 0 Å². The number of phenolic OH excluding ortho intramolecular Hbond substituents is 1. The molecule has 1 rings (SSSR count). The zero-order chi connectivity index (χ0) is 12.8. The van der Waals surface area contributed by atoms with E-state index in [1.165, 1.54) is 25.3 Å². The minimum absolute atomic E-state index is 0.000186. The highest BCUT2D eigenvalue weighted by Gasteiger charge is 2.12. The van der Waals surface area contributed by atoms with Gasteiger partial charge in [-0.15, -0.1) is 0 Å². The zero-order valence-electron chi connectivity index (χ0n) is 9.73. The number of rotatable bonds is 4. The molecule has 0 atom stereocenters. The van der Waals surface area contributed by atoms with E-state index < -0.39 is 11.9 Å². The summed E-state index contributed by atoms with van der Waals surface area (Å²) in [5.41, 5.74) is 0.415. The summed E-state index contributed by atoms with van der Waals surface area (Å²) in [5, 5.41) is 9.32. The Labute approximate surface area is 99.0 Å². The first-order valence-corrected chi connectivity index (χ1v) is 5.16. The molecule has 0 aliphatic rings. The number of hydrogen-bond acceptors (Lipinski definition) is 5. The van der Waals surface area contributed by atoms with Gasteiger partial charge in [0, 0.05) is 12.0 Å². The van der Waals surface area contributed by atoms with E-state index in [9.17, 15) is 14.7 Å². The van der Waals surface area contributed by atoms with Crippen molar-refractivity contribution < 1.29 is 24.2 Å². The van der Waals surface area contributed by atoms with Crippen LogP contribution < -0.4 is 4.74 Å². The Bertz CT molecular complexity index is 425. The van der Waals surface area contributed by atoms with Gasteiger partial charge >= 0.3 is 11.9 Å². The standard InChI is InChI=1S/C12H14O5/c1-3-11(14)17-10-5-4-9(13)6-8(10)7-12(15)16-2/h4-6,13H,3,7H2,1-2H3. The molecule has 1 aromatic rings. The van der Waals surface area contributed by atoms with E-state index in [-0.39, 0.29) is 24.3 Å². The molecule has 0 fully saturated rings. The molecule has 0 saturated heterocycles. The maximum absolute atomic E-state index is 11.2. The van der Waals surface area contributed by atoms with Gasteiger partial charge in [0.15, 0.2) is 0 Å². The van der Waals surface area contributed by atoms with Crippen LogP contribution in [0.1, 0.15) is 18.9 Å². The first-order valence-electron chi connectivity index (χ1n) is 5.16. The van der Waals surface area contributed by atoms with Crippen molar-refractivity contribution in [3.05, 3.63) is 23.8 Å². The summed E-state index contributed by atoms with van der Waals surface area (Å²) in [5.74, 6) is -0.605. The fourth-order valence-corrected chi connectivity index (χ4v) is 1.23. The summed E-state index contributed by atoms with van der Waals surface area (Å²) in [6.45, 7) is 1.67. The smallest absolute Gasteiger partial charge is 0.310 e. The number of carbonyl (C=O) groups excluding carboxylic acids is 2. The highest BCUT2D eigenvalue weighted by atomic mass is 16.5. The second-order valence-electron chi connectivity index (χ2n) is 3.37. The zero-order valence-corrected chi connectivity index (χ0v) is 9.73. The molecule has 0 aliphatic heterocycles. The van der Waals surface area contributed by atoms with Crippen molar-refractivity contribution in [2.24, 2.45) is 0 Å². The summed E-state index contributed by atoms with van der Waals surface area (Å²) in [7, 11) is 1.27. The van der Waals surface area contributed by atoms with E-state index in [2.05, 4.69) is 4.74 Å². The predicted octanol–water partition coefficient (Wildman–Crippen LogP) is 1.42. The molecular weight excluding hydrogens is 224 g/mol. The third-order valence-electron chi connectivity index (χ3n) is 2.12. The number of hydrogen-bond donors (Lipinski definition) is 1. The fourth-order valence-electron chi connectivity index (χ4n) is 1.23. The average molecular weight is 238 g/mol. The normalized spacial score (nSPS) is 9.76. The summed E-state index contributed by atoms with van der Waals surface area (Å²) < 4.78 is 9.56. The minimum Gasteiger partial charge on any atom is -0.508 e. The van der Waals surface area contributed by atoms with Crippen molar-refractivity contribution in [3.8, 4) is 11.5 Å². The van der Waals surface area contributed by atoms with Crippen LogP contribution >= 0.6 is 0 Å². The Kier molecular flexibility index (Phi) is 4.51. The molecule has 5 heteroatoms. The van der Waals surface area contributed by atoms with E-state index in [4.69, 9.17) is 4.74 Å². The molecule has 0 aromatic heterocycles. The fraction of sp³-hybridized carbons (Fsp3) is 0.333. The highest BCUT2D eigenvalue weighted by molar-refractivity contribution is 5.76. The first kappa shape index (κ1) is 13.0. The quantitative estimate of drug-likeness (QED) is 0.634. The molecule has 0 heterocycles. The number of aromatic hydroxyl groups is 1. The molecule has 17 heavy (non-hydrogen) atoms. The lowest BCUT2D eigenvalue weighted by atomic mass is 10.1. The lowest BCUT2D eigenvalue weighted by Crippen LogP contribution is -2.10. The third-order valence-corrected chi connectivity index (χ3v) is 2.12. The van der Waals surface area contributed by atoms with Crippen LogP contribution in [0.2, 0.25) is 0 Å². The number of esters is 2. The number of benzene rings is 1. The molecule has 0 spiro atoms. The number of phenols is 1. The van der Waals surface area contributed by atoms with Crippen LogP contribution in [0.25, 0.3) is 0 Å². The molecule has 5 nitrogen and oxygen atoms in total. The van der Waals surface area contributed by atoms with Gasteiger partial charge in [-0.2, -0.15) is 0 Å². The van der Waals surface area contributed by atoms with Crippen molar-refractivity contribution in [3.63, 3.8) is 0 Å². The molecular formula is C12H14O5. The van der Waals surface area contributed by atoms with Gasteiger partial charge in [-0.3, -0.25) is 9.59 Å². The lowest BCUT2D eigenvalue weighted by Gasteiger charge is -2.09. The molecule has 0 aliphatic carbocycles. The molecule has 0 bridgehead atoms. The van der Waals surface area contributed by atoms with Crippen LogP contribution in [0.5, 0.6) is 11.5 Å². The van der Waals surface area contributed by atoms with Gasteiger partial charge in [0.25, 0.3) is 0 Å². The summed E-state index contributed by atoms with van der Waals surface area (Å²) in [6, 6.07) is 4.20. The van der Waals surface area contributed by atoms with Gasteiger partial charge in [-0.1, -0.05) is 6.92 Å². The highest BCUT2D eigenvalue weighted by Crippen LogP contribution is 2.24. The van der Waals surface area contributed by atoms with E-state index in [0.29, 0.717) is 5.56 Å². The largest absolute Gasteiger partial charge is 0.508 e. The second kappa shape index (κ2) is 5.89. The Balaban J connectivity index is 2.95. The van der Waals surface area contributed by atoms with Crippen molar-refractivity contribution >= 4 is 11.9 Å². The van der Waals surface area contributed by atoms with Crippen LogP contribution in [-0.2, 0) is 20.7 Å². The van der Waals surface area contributed by atoms with Crippen molar-refractivity contribution in [2.45, 2.75) is 19.8 Å². The van der Waals surface area contributed by atoms with Crippen LogP contribution in [0.3, 0.4) is 0 Å². The van der Waals surface area contributed by atoms with Gasteiger partial charge < -0.3 is 14.6 Å². The predicted molar refractivity (Wildman–Crippen MR) is 59.8 cm³/mol. The summed E-state index contributed by atoms with van der Waals surface area (Å²) >= 11 is 0. The van der Waals surface area contributed by atoms with Crippen molar-refractivity contribution in [1.82, 2.24) is 0 Å². The average Bonchev–Trinajstić information content (AvgIpc) is 2.32. The molecule has 1 aromatic carbocycles. The topological polar surface area (TPSA) is 72.8 Å². The van der Waals surface area contributed by atoms with Gasteiger partial charge in [-0.25, -0.2) is 0 Å². The van der Waals surface area contributed by atoms with Gasteiger partial charge in [-0.05, 0) is 18.2 Å². The molecule has 0 radical (unpaired) electrons. The van der Waals surface area contributed by atoms with Gasteiger partial charge in [0.05, 0.1) is 13.5 Å². The maximum Gasteiger partial charge on any atom is 0.310 e. The van der Waals surface area contributed by atoms with Crippen LogP contribution in [0.15, 0.2) is 18.2 Å². The van der Waals surface area contributed by atoms with E-state index >= 15 is 0 Å².